The van der Waals surface area contributed by atoms with E-state index in [0.717, 1.165) is 22.6 Å². The lowest BCUT2D eigenvalue weighted by atomic mass is 10.1. The predicted molar refractivity (Wildman–Crippen MR) is 102 cm³/mol. The Labute approximate surface area is 157 Å². The van der Waals surface area contributed by atoms with Gasteiger partial charge in [-0.05, 0) is 55.3 Å². The van der Waals surface area contributed by atoms with Gasteiger partial charge in [0.1, 0.15) is 16.5 Å². The van der Waals surface area contributed by atoms with Crippen LogP contribution in [0.2, 0.25) is 0 Å². The second-order valence-electron chi connectivity index (χ2n) is 5.74. The maximum atomic E-state index is 12.7. The number of ether oxygens (including phenoxy) is 1. The van der Waals surface area contributed by atoms with Gasteiger partial charge in [0, 0.05) is 5.69 Å². The fourth-order valence-electron chi connectivity index (χ4n) is 2.67. The van der Waals surface area contributed by atoms with E-state index in [1.807, 2.05) is 26.0 Å². The topological polar surface area (TPSA) is 58.6 Å². The molecule has 3 rings (SSSR count). The zero-order valence-corrected chi connectivity index (χ0v) is 15.3. The van der Waals surface area contributed by atoms with Crippen LogP contribution < -0.4 is 15.0 Å². The van der Waals surface area contributed by atoms with Gasteiger partial charge in [-0.1, -0.05) is 30.7 Å². The predicted octanol–water partition coefficient (Wildman–Crippen LogP) is 4.08. The molecule has 1 N–H and O–H groups in total. The fourth-order valence-corrected chi connectivity index (χ4v) is 2.88. The summed E-state index contributed by atoms with van der Waals surface area (Å²) in [6.07, 6.45) is 0.881. The molecule has 2 aromatic carbocycles. The van der Waals surface area contributed by atoms with Gasteiger partial charge in [0.25, 0.3) is 11.8 Å². The Balaban J connectivity index is 1.81. The second-order valence-corrected chi connectivity index (χ2v) is 6.12. The Bertz CT molecular complexity index is 858. The van der Waals surface area contributed by atoms with E-state index in [1.165, 1.54) is 0 Å². The van der Waals surface area contributed by atoms with E-state index >= 15 is 0 Å². The number of imide groups is 1. The van der Waals surface area contributed by atoms with Crippen LogP contribution in [0.5, 0.6) is 5.75 Å². The molecule has 0 radical (unpaired) electrons. The molecular weight excluding hydrogens is 352 g/mol. The van der Waals surface area contributed by atoms with Gasteiger partial charge in [-0.15, -0.1) is 0 Å². The van der Waals surface area contributed by atoms with Gasteiger partial charge in [0.2, 0.25) is 0 Å². The van der Waals surface area contributed by atoms with Crippen molar-refractivity contribution in [2.45, 2.75) is 20.3 Å². The summed E-state index contributed by atoms with van der Waals surface area (Å²) >= 11 is 6.14. The molecule has 0 aliphatic carbocycles. The van der Waals surface area contributed by atoms with Gasteiger partial charge in [-0.2, -0.15) is 0 Å². The van der Waals surface area contributed by atoms with Crippen molar-refractivity contribution in [2.75, 3.05) is 16.8 Å². The summed E-state index contributed by atoms with van der Waals surface area (Å²) in [4.78, 5) is 26.3. The van der Waals surface area contributed by atoms with Crippen LogP contribution in [0, 0.1) is 0 Å². The summed E-state index contributed by atoms with van der Waals surface area (Å²) in [6, 6.07) is 14.4. The number of anilines is 2. The van der Waals surface area contributed by atoms with E-state index < -0.39 is 11.8 Å². The average Bonchev–Trinajstić information content (AvgIpc) is 2.87. The molecule has 5 nitrogen and oxygen atoms in total. The molecule has 0 fully saturated rings. The number of aryl methyl sites for hydroxylation is 1. The lowest BCUT2D eigenvalue weighted by Gasteiger charge is -2.15. The van der Waals surface area contributed by atoms with Crippen LogP contribution in [-0.2, 0) is 16.0 Å². The van der Waals surface area contributed by atoms with Gasteiger partial charge in [0.15, 0.2) is 0 Å². The lowest BCUT2D eigenvalue weighted by molar-refractivity contribution is -0.120. The minimum Gasteiger partial charge on any atom is -0.494 e. The highest BCUT2D eigenvalue weighted by atomic mass is 35.5. The smallest absolute Gasteiger partial charge is 0.283 e. The van der Waals surface area contributed by atoms with Gasteiger partial charge < -0.3 is 10.1 Å². The molecule has 1 aliphatic rings. The standard InChI is InChI=1S/C20H19ClN2O3/c1-3-13-5-9-15(10-6-13)23-19(24)17(21)18(20(23)25)22-14-7-11-16(12-8-14)26-4-2/h5-12,22H,3-4H2,1-2H3. The van der Waals surface area contributed by atoms with E-state index in [2.05, 4.69) is 5.32 Å². The third-order valence-corrected chi connectivity index (χ3v) is 4.42. The molecule has 26 heavy (non-hydrogen) atoms. The van der Waals surface area contributed by atoms with E-state index in [4.69, 9.17) is 16.3 Å². The first kappa shape index (κ1) is 18.0. The highest BCUT2D eigenvalue weighted by Crippen LogP contribution is 2.30. The first-order chi connectivity index (χ1) is 12.5. The number of rotatable bonds is 6. The number of nitrogens with one attached hydrogen (secondary N) is 1. The molecule has 0 aromatic heterocycles. The summed E-state index contributed by atoms with van der Waals surface area (Å²) < 4.78 is 5.39. The number of halogens is 1. The summed E-state index contributed by atoms with van der Waals surface area (Å²) in [6.45, 7) is 4.52. The van der Waals surface area contributed by atoms with Crippen LogP contribution in [0.4, 0.5) is 11.4 Å². The number of hydrogen-bond donors (Lipinski definition) is 1. The summed E-state index contributed by atoms with van der Waals surface area (Å²) in [5, 5.41) is 2.82. The Hall–Kier alpha value is -2.79. The molecule has 0 unspecified atom stereocenters. The number of carbonyl (C=O) groups excluding carboxylic acids is 2. The molecule has 1 aliphatic heterocycles. The minimum atomic E-state index is -0.533. The van der Waals surface area contributed by atoms with Gasteiger partial charge >= 0.3 is 0 Å². The lowest BCUT2D eigenvalue weighted by Crippen LogP contribution is -2.32. The molecular formula is C20H19ClN2O3. The monoisotopic (exact) mass is 370 g/mol. The molecule has 134 valence electrons. The molecule has 0 atom stereocenters. The van der Waals surface area contributed by atoms with Crippen molar-refractivity contribution in [3.8, 4) is 5.75 Å². The number of benzene rings is 2. The summed E-state index contributed by atoms with van der Waals surface area (Å²) in [5.74, 6) is -0.280. The normalized spacial score (nSPS) is 14.2. The van der Waals surface area contributed by atoms with Crippen molar-refractivity contribution in [2.24, 2.45) is 0 Å². The van der Waals surface area contributed by atoms with Gasteiger partial charge in [-0.25, -0.2) is 4.90 Å². The maximum absolute atomic E-state index is 12.7. The Morgan fingerprint density at radius 1 is 0.962 bits per heavy atom. The third-order valence-electron chi connectivity index (χ3n) is 4.06. The molecule has 2 amide bonds. The average molecular weight is 371 g/mol. The van der Waals surface area contributed by atoms with E-state index in [1.54, 1.807) is 36.4 Å². The zero-order chi connectivity index (χ0) is 18.7. The summed E-state index contributed by atoms with van der Waals surface area (Å²) in [5.41, 5.74) is 2.34. The van der Waals surface area contributed by atoms with Crippen molar-refractivity contribution in [3.63, 3.8) is 0 Å². The van der Waals surface area contributed by atoms with E-state index in [-0.39, 0.29) is 10.7 Å². The zero-order valence-electron chi connectivity index (χ0n) is 14.6. The molecule has 1 heterocycles. The van der Waals surface area contributed by atoms with Crippen molar-refractivity contribution >= 4 is 34.8 Å². The number of amides is 2. The Kier molecular flexibility index (Phi) is 5.28. The van der Waals surface area contributed by atoms with Crippen LogP contribution in [0.3, 0.4) is 0 Å². The van der Waals surface area contributed by atoms with Crippen LogP contribution in [0.1, 0.15) is 19.4 Å². The minimum absolute atomic E-state index is 0.0698. The summed E-state index contributed by atoms with van der Waals surface area (Å²) in [7, 11) is 0. The first-order valence-electron chi connectivity index (χ1n) is 8.42. The van der Waals surface area contributed by atoms with Crippen molar-refractivity contribution in [1.82, 2.24) is 0 Å². The van der Waals surface area contributed by atoms with Crippen molar-refractivity contribution in [3.05, 3.63) is 64.8 Å². The van der Waals surface area contributed by atoms with Gasteiger partial charge in [-0.3, -0.25) is 9.59 Å². The highest BCUT2D eigenvalue weighted by molar-refractivity contribution is 6.53. The molecule has 0 spiro atoms. The molecule has 6 heteroatoms. The molecule has 2 aromatic rings. The SMILES string of the molecule is CCOc1ccc(NC2=C(Cl)C(=O)N(c3ccc(CC)cc3)C2=O)cc1. The molecule has 0 saturated heterocycles. The number of nitrogens with zero attached hydrogens (tertiary/aromatic N) is 1. The highest BCUT2D eigenvalue weighted by Gasteiger charge is 2.38. The Morgan fingerprint density at radius 3 is 2.19 bits per heavy atom. The third kappa shape index (κ3) is 3.44. The van der Waals surface area contributed by atoms with E-state index in [0.29, 0.717) is 18.0 Å². The Morgan fingerprint density at radius 2 is 1.62 bits per heavy atom. The van der Waals surface area contributed by atoms with Gasteiger partial charge in [0.05, 0.1) is 12.3 Å². The number of carbonyl (C=O) groups is 2. The molecule has 0 bridgehead atoms. The second kappa shape index (κ2) is 7.62. The first-order valence-corrected chi connectivity index (χ1v) is 8.80. The maximum Gasteiger partial charge on any atom is 0.283 e. The fraction of sp³-hybridized carbons (Fsp3) is 0.200. The van der Waals surface area contributed by atoms with Crippen molar-refractivity contribution < 1.29 is 14.3 Å². The van der Waals surface area contributed by atoms with Crippen molar-refractivity contribution in [1.29, 1.82) is 0 Å². The largest absolute Gasteiger partial charge is 0.494 e. The van der Waals surface area contributed by atoms with Crippen LogP contribution in [-0.4, -0.2) is 18.4 Å². The molecule has 0 saturated carbocycles. The quantitative estimate of drug-likeness (QED) is 0.778. The van der Waals surface area contributed by atoms with Crippen LogP contribution in [0.25, 0.3) is 0 Å². The number of hydrogen-bond acceptors (Lipinski definition) is 4. The van der Waals surface area contributed by atoms with Crippen LogP contribution in [0.15, 0.2) is 59.3 Å². The van der Waals surface area contributed by atoms with Crippen LogP contribution >= 0.6 is 11.6 Å². The van der Waals surface area contributed by atoms with E-state index in [9.17, 15) is 9.59 Å².